The molecular formula is C15H22N6O2. The number of hydrogen-bond acceptors (Lipinski definition) is 8. The summed E-state index contributed by atoms with van der Waals surface area (Å²) in [5.41, 5.74) is 0. The monoisotopic (exact) mass is 318 g/mol. The van der Waals surface area contributed by atoms with E-state index in [2.05, 4.69) is 25.0 Å². The predicted molar refractivity (Wildman–Crippen MR) is 85.3 cm³/mol. The van der Waals surface area contributed by atoms with Crippen LogP contribution in [0.3, 0.4) is 0 Å². The first kappa shape index (κ1) is 15.7. The Hall–Kier alpha value is -2.22. The van der Waals surface area contributed by atoms with Crippen molar-refractivity contribution in [1.82, 2.24) is 20.1 Å². The normalized spacial score (nSPS) is 18.2. The van der Waals surface area contributed by atoms with Crippen molar-refractivity contribution < 1.29 is 9.63 Å². The lowest BCUT2D eigenvalue weighted by atomic mass is 10.1. The van der Waals surface area contributed by atoms with Gasteiger partial charge < -0.3 is 19.4 Å². The fraction of sp³-hybridized carbons (Fsp3) is 0.600. The number of nitrogens with zero attached hydrogens (tertiary/aromatic N) is 6. The number of hydrogen-bond donors (Lipinski definition) is 1. The lowest BCUT2D eigenvalue weighted by molar-refractivity contribution is 0.154. The minimum absolute atomic E-state index is 0.285. The van der Waals surface area contributed by atoms with Crippen LogP contribution in [0.4, 0.5) is 11.8 Å². The molecule has 1 atom stereocenters. The number of aromatic nitrogens is 4. The van der Waals surface area contributed by atoms with Crippen LogP contribution < -0.4 is 9.80 Å². The summed E-state index contributed by atoms with van der Waals surface area (Å²) >= 11 is 0. The zero-order valence-electron chi connectivity index (χ0n) is 13.5. The van der Waals surface area contributed by atoms with Gasteiger partial charge in [0.25, 0.3) is 0 Å². The molecule has 1 fully saturated rings. The molecule has 0 aromatic carbocycles. The second kappa shape index (κ2) is 6.91. The molecule has 23 heavy (non-hydrogen) atoms. The summed E-state index contributed by atoms with van der Waals surface area (Å²) in [6.07, 6.45) is 4.00. The van der Waals surface area contributed by atoms with Gasteiger partial charge in [-0.15, -0.1) is 0 Å². The second-order valence-electron chi connectivity index (χ2n) is 5.77. The number of piperidine rings is 1. The number of anilines is 2. The van der Waals surface area contributed by atoms with Gasteiger partial charge in [0.2, 0.25) is 11.8 Å². The predicted octanol–water partition coefficient (Wildman–Crippen LogP) is 1.02. The van der Waals surface area contributed by atoms with Crippen molar-refractivity contribution in [2.24, 2.45) is 0 Å². The standard InChI is InChI=1S/C15H22N6O2/c1-3-14-17-12(19-23-14)10-20(2)15-16-7-6-13(18-15)21-8-4-5-11(22)9-21/h6-7,11,22H,3-5,8-10H2,1-2H3/t11-/m1/s1. The number of rotatable bonds is 5. The third kappa shape index (κ3) is 3.76. The molecule has 8 nitrogen and oxygen atoms in total. The zero-order valence-corrected chi connectivity index (χ0v) is 13.5. The molecule has 1 saturated heterocycles. The molecule has 2 aromatic heterocycles. The van der Waals surface area contributed by atoms with Gasteiger partial charge in [0.05, 0.1) is 12.6 Å². The van der Waals surface area contributed by atoms with Crippen LogP contribution in [0.5, 0.6) is 0 Å². The Bertz CT molecular complexity index is 646. The first-order valence-electron chi connectivity index (χ1n) is 7.94. The SMILES string of the molecule is CCc1nc(CN(C)c2nccc(N3CCC[C@@H](O)C3)n2)no1. The summed E-state index contributed by atoms with van der Waals surface area (Å²) in [5, 5.41) is 13.8. The van der Waals surface area contributed by atoms with Crippen LogP contribution in [0, 0.1) is 0 Å². The van der Waals surface area contributed by atoms with Gasteiger partial charge in [-0.2, -0.15) is 9.97 Å². The molecular weight excluding hydrogens is 296 g/mol. The Labute approximate surface area is 135 Å². The van der Waals surface area contributed by atoms with Gasteiger partial charge in [0.15, 0.2) is 5.82 Å². The highest BCUT2D eigenvalue weighted by Gasteiger charge is 2.20. The molecule has 0 aliphatic carbocycles. The molecule has 0 unspecified atom stereocenters. The molecule has 0 spiro atoms. The second-order valence-corrected chi connectivity index (χ2v) is 5.77. The minimum Gasteiger partial charge on any atom is -0.391 e. The third-order valence-electron chi connectivity index (χ3n) is 3.88. The first-order valence-corrected chi connectivity index (χ1v) is 7.94. The topological polar surface area (TPSA) is 91.4 Å². The summed E-state index contributed by atoms with van der Waals surface area (Å²) in [6, 6.07) is 1.87. The molecule has 1 aliphatic rings. The van der Waals surface area contributed by atoms with E-state index in [0.29, 0.717) is 30.8 Å². The maximum atomic E-state index is 9.82. The molecule has 0 bridgehead atoms. The van der Waals surface area contributed by atoms with Crippen LogP contribution in [-0.4, -0.2) is 51.5 Å². The van der Waals surface area contributed by atoms with Crippen molar-refractivity contribution in [3.8, 4) is 0 Å². The van der Waals surface area contributed by atoms with E-state index in [-0.39, 0.29) is 6.10 Å². The summed E-state index contributed by atoms with van der Waals surface area (Å²) < 4.78 is 5.12. The molecule has 1 N–H and O–H groups in total. The minimum atomic E-state index is -0.285. The van der Waals surface area contributed by atoms with Gasteiger partial charge in [-0.1, -0.05) is 12.1 Å². The maximum Gasteiger partial charge on any atom is 0.227 e. The van der Waals surface area contributed by atoms with Gasteiger partial charge in [0.1, 0.15) is 5.82 Å². The highest BCUT2D eigenvalue weighted by molar-refractivity contribution is 5.44. The van der Waals surface area contributed by atoms with E-state index in [4.69, 9.17) is 4.52 Å². The van der Waals surface area contributed by atoms with E-state index in [1.165, 1.54) is 0 Å². The highest BCUT2D eigenvalue weighted by atomic mass is 16.5. The number of β-amino-alcohol motifs (C(OH)–C–C–N with tert-alkyl or cyclic N) is 1. The summed E-state index contributed by atoms with van der Waals surface area (Å²) in [7, 11) is 1.89. The van der Waals surface area contributed by atoms with Crippen molar-refractivity contribution in [1.29, 1.82) is 0 Å². The molecule has 3 heterocycles. The molecule has 8 heteroatoms. The van der Waals surface area contributed by atoms with Crippen LogP contribution in [0.2, 0.25) is 0 Å². The summed E-state index contributed by atoms with van der Waals surface area (Å²) in [4.78, 5) is 17.2. The van der Waals surface area contributed by atoms with Crippen molar-refractivity contribution in [3.05, 3.63) is 24.0 Å². The van der Waals surface area contributed by atoms with Gasteiger partial charge >= 0.3 is 0 Å². The lowest BCUT2D eigenvalue weighted by Crippen LogP contribution is -2.38. The van der Waals surface area contributed by atoms with Gasteiger partial charge in [-0.3, -0.25) is 0 Å². The van der Waals surface area contributed by atoms with Crippen LogP contribution in [0.15, 0.2) is 16.8 Å². The Morgan fingerprint density at radius 3 is 3.04 bits per heavy atom. The first-order chi connectivity index (χ1) is 11.2. The van der Waals surface area contributed by atoms with E-state index in [1.807, 2.05) is 24.9 Å². The Morgan fingerprint density at radius 1 is 1.43 bits per heavy atom. The fourth-order valence-corrected chi connectivity index (χ4v) is 2.64. The van der Waals surface area contributed by atoms with Crippen LogP contribution >= 0.6 is 0 Å². The Balaban J connectivity index is 1.70. The maximum absolute atomic E-state index is 9.82. The van der Waals surface area contributed by atoms with Crippen molar-refractivity contribution in [3.63, 3.8) is 0 Å². The molecule has 124 valence electrons. The Morgan fingerprint density at radius 2 is 2.30 bits per heavy atom. The van der Waals surface area contributed by atoms with Crippen LogP contribution in [0.1, 0.15) is 31.5 Å². The van der Waals surface area contributed by atoms with Crippen molar-refractivity contribution >= 4 is 11.8 Å². The van der Waals surface area contributed by atoms with E-state index in [1.54, 1.807) is 6.20 Å². The van der Waals surface area contributed by atoms with E-state index in [0.717, 1.165) is 31.6 Å². The van der Waals surface area contributed by atoms with Crippen LogP contribution in [-0.2, 0) is 13.0 Å². The molecule has 3 rings (SSSR count). The average Bonchev–Trinajstić information content (AvgIpc) is 3.02. The average molecular weight is 318 g/mol. The number of aliphatic hydroxyl groups excluding tert-OH is 1. The molecule has 0 saturated carbocycles. The molecule has 2 aromatic rings. The van der Waals surface area contributed by atoms with Crippen LogP contribution in [0.25, 0.3) is 0 Å². The lowest BCUT2D eigenvalue weighted by Gasteiger charge is -2.31. The number of aryl methyl sites for hydroxylation is 1. The van der Waals surface area contributed by atoms with Gasteiger partial charge in [-0.05, 0) is 18.9 Å². The van der Waals surface area contributed by atoms with E-state index in [9.17, 15) is 5.11 Å². The van der Waals surface area contributed by atoms with Crippen molar-refractivity contribution in [2.45, 2.75) is 38.8 Å². The molecule has 0 radical (unpaired) electrons. The zero-order chi connectivity index (χ0) is 16.2. The van der Waals surface area contributed by atoms with Gasteiger partial charge in [-0.25, -0.2) is 4.98 Å². The van der Waals surface area contributed by atoms with E-state index < -0.39 is 0 Å². The number of aliphatic hydroxyl groups is 1. The largest absolute Gasteiger partial charge is 0.391 e. The summed E-state index contributed by atoms with van der Waals surface area (Å²) in [5.74, 6) is 2.69. The fourth-order valence-electron chi connectivity index (χ4n) is 2.64. The molecule has 1 aliphatic heterocycles. The van der Waals surface area contributed by atoms with Gasteiger partial charge in [0, 0.05) is 32.8 Å². The van der Waals surface area contributed by atoms with E-state index >= 15 is 0 Å². The molecule has 0 amide bonds. The smallest absolute Gasteiger partial charge is 0.227 e. The highest BCUT2D eigenvalue weighted by Crippen LogP contribution is 2.19. The quantitative estimate of drug-likeness (QED) is 0.873. The summed E-state index contributed by atoms with van der Waals surface area (Å²) in [6.45, 7) is 3.98. The van der Waals surface area contributed by atoms with Crippen molar-refractivity contribution in [2.75, 3.05) is 29.9 Å². The Kier molecular flexibility index (Phi) is 4.71. The third-order valence-corrected chi connectivity index (χ3v) is 3.88.